The van der Waals surface area contributed by atoms with Gasteiger partial charge < -0.3 is 30.6 Å². The molecular weight excluding hydrogens is 776 g/mol. The Balaban J connectivity index is 0.000000318. The lowest BCUT2D eigenvalue weighted by Crippen LogP contribution is -2.28. The molecule has 0 aliphatic carbocycles. The average molecular weight is 811 g/mol. The van der Waals surface area contributed by atoms with Gasteiger partial charge in [0.25, 0.3) is 0 Å². The van der Waals surface area contributed by atoms with Crippen molar-refractivity contribution in [1.82, 2.24) is 19.9 Å². The molecule has 0 bridgehead atoms. The van der Waals surface area contributed by atoms with Gasteiger partial charge in [0.2, 0.25) is 0 Å². The molecular formula is C36H34F8N8O3S. The number of nitrogens with zero attached hydrogens (tertiary/aromatic N) is 6. The number of fused-ring (bicyclic) bond motifs is 2. The first kappa shape index (κ1) is 40.4. The Morgan fingerprint density at radius 3 is 2.50 bits per heavy atom. The molecule has 2 aromatic carbocycles. The molecule has 2 saturated heterocycles. The van der Waals surface area contributed by atoms with E-state index in [0.717, 1.165) is 32.2 Å². The van der Waals surface area contributed by atoms with E-state index in [2.05, 4.69) is 24.6 Å². The highest BCUT2D eigenvalue weighted by atomic mass is 32.1. The van der Waals surface area contributed by atoms with Crippen molar-refractivity contribution in [3.63, 3.8) is 0 Å². The topological polar surface area (TPSA) is 149 Å². The van der Waals surface area contributed by atoms with Crippen LogP contribution in [0.5, 0.6) is 11.8 Å². The highest BCUT2D eigenvalue weighted by Gasteiger charge is 2.44. The van der Waals surface area contributed by atoms with E-state index in [9.17, 15) is 36.0 Å². The van der Waals surface area contributed by atoms with Gasteiger partial charge in [-0.3, -0.25) is 4.90 Å². The quantitative estimate of drug-likeness (QED) is 0.168. The van der Waals surface area contributed by atoms with Crippen molar-refractivity contribution in [2.24, 2.45) is 0 Å². The molecule has 4 N–H and O–H groups in total. The van der Waals surface area contributed by atoms with Crippen molar-refractivity contribution >= 4 is 49.0 Å². The Labute approximate surface area is 318 Å². The molecule has 298 valence electrons. The maximum Gasteiger partial charge on any atom is 0.420 e. The molecule has 56 heavy (non-hydrogen) atoms. The predicted octanol–water partition coefficient (Wildman–Crippen LogP) is 7.70. The van der Waals surface area contributed by atoms with Crippen molar-refractivity contribution in [2.45, 2.75) is 50.8 Å². The van der Waals surface area contributed by atoms with Crippen LogP contribution in [0.3, 0.4) is 0 Å². The van der Waals surface area contributed by atoms with Crippen molar-refractivity contribution < 1.29 is 49.3 Å². The zero-order valence-corrected chi connectivity index (χ0v) is 30.6. The lowest BCUT2D eigenvalue weighted by molar-refractivity contribution is -0.138. The van der Waals surface area contributed by atoms with Crippen LogP contribution in [0.1, 0.15) is 36.0 Å². The number of rotatable bonds is 5. The second kappa shape index (κ2) is 16.5. The van der Waals surface area contributed by atoms with Gasteiger partial charge in [-0.15, -0.1) is 11.3 Å². The summed E-state index contributed by atoms with van der Waals surface area (Å²) < 4.78 is 124. The molecule has 6 heterocycles. The number of nitriles is 1. The number of hydrogen-bond acceptors (Lipinski definition) is 12. The third-order valence-electron chi connectivity index (χ3n) is 9.50. The zero-order chi connectivity index (χ0) is 40.5. The van der Waals surface area contributed by atoms with E-state index < -0.39 is 58.6 Å². The van der Waals surface area contributed by atoms with Crippen LogP contribution < -0.4 is 25.8 Å². The van der Waals surface area contributed by atoms with Gasteiger partial charge in [-0.2, -0.15) is 37.2 Å². The minimum absolute atomic E-state index is 0.0347. The first-order valence-corrected chi connectivity index (χ1v) is 17.8. The third kappa shape index (κ3) is 7.88. The highest BCUT2D eigenvalue weighted by molar-refractivity contribution is 7.23. The van der Waals surface area contributed by atoms with Crippen molar-refractivity contribution in [3.05, 3.63) is 58.8 Å². The van der Waals surface area contributed by atoms with E-state index in [1.165, 1.54) is 26.1 Å². The smallest absolute Gasteiger partial charge is 0.420 e. The van der Waals surface area contributed by atoms with Crippen LogP contribution in [0.4, 0.5) is 51.8 Å². The summed E-state index contributed by atoms with van der Waals surface area (Å²) in [6.45, 7) is -0.922. The normalized spacial score (nSPS) is 17.8. The molecule has 2 fully saturated rings. The molecule has 2 unspecified atom stereocenters. The number of nitrogens with two attached hydrogens (primary N) is 2. The number of pyridine rings is 1. The maximum atomic E-state index is 16.6. The van der Waals surface area contributed by atoms with Crippen LogP contribution in [0, 0.1) is 23.0 Å². The lowest BCUT2D eigenvalue weighted by atomic mass is 9.91. The molecule has 3 aliphatic heterocycles. The second-order valence-corrected chi connectivity index (χ2v) is 13.9. The second-order valence-electron chi connectivity index (χ2n) is 12.8. The predicted molar refractivity (Wildman–Crippen MR) is 193 cm³/mol. The third-order valence-corrected chi connectivity index (χ3v) is 10.5. The fourth-order valence-corrected chi connectivity index (χ4v) is 8.04. The molecule has 20 heteroatoms. The Kier molecular flexibility index (Phi) is 11.9. The standard InChI is InChI=1S/C27H18F5N7O2S.C7H12FN.C2H4F2O/c1-40-26-37-20-17-21(41-8-7-39(25(17)38-26)10-11-3-2-6-36-23(11)34)18(27(30,31)32)16(19(20)29)12-4-5-14(28)22-15(12)13(9-33)24(35)42-22;8-6-4-7-2-1-3-9(7)5-6;1-5-2(3)4/h2-6H,7-8,10,35H2,1H3,(H2,34,36);6-7H,1-5H2;2H,1H3. The number of ether oxygens (including phenoxy) is 3. The summed E-state index contributed by atoms with van der Waals surface area (Å²) in [5.41, 5.74) is 8.81. The van der Waals surface area contributed by atoms with Crippen molar-refractivity contribution in [3.8, 4) is 29.0 Å². The number of aromatic nitrogens is 3. The molecule has 0 saturated carbocycles. The number of benzene rings is 2. The molecule has 0 amide bonds. The average Bonchev–Trinajstić information content (AvgIpc) is 3.81. The Morgan fingerprint density at radius 1 is 1.11 bits per heavy atom. The molecule has 3 aliphatic rings. The van der Waals surface area contributed by atoms with E-state index in [4.69, 9.17) is 20.9 Å². The minimum atomic E-state index is -5.17. The number of thiophene rings is 1. The largest absolute Gasteiger partial charge is 0.490 e. The molecule has 0 radical (unpaired) electrons. The zero-order valence-electron chi connectivity index (χ0n) is 29.8. The number of hydrogen-bond donors (Lipinski definition) is 2. The first-order valence-electron chi connectivity index (χ1n) is 17.0. The fraction of sp³-hybridized carbons (Fsp3) is 0.389. The SMILES string of the molecule is COC(F)F.COc1nc2c3c(c(C(F)(F)F)c(-c4ccc(F)c5sc(N)c(C#N)c45)c(F)c3n1)OCCN2Cc1cccnc1N.FC1CC2CCCN2C1. The Bertz CT molecular complexity index is 2270. The summed E-state index contributed by atoms with van der Waals surface area (Å²) in [6.07, 6.45) is -0.869. The Hall–Kier alpha value is -5.26. The van der Waals surface area contributed by atoms with E-state index in [1.54, 1.807) is 23.1 Å². The summed E-state index contributed by atoms with van der Waals surface area (Å²) in [5, 5.41) is 9.00. The highest BCUT2D eigenvalue weighted by Crippen LogP contribution is 2.53. The van der Waals surface area contributed by atoms with Crippen LogP contribution in [0.25, 0.3) is 32.1 Å². The van der Waals surface area contributed by atoms with Crippen LogP contribution in [0.2, 0.25) is 0 Å². The molecule has 0 spiro atoms. The van der Waals surface area contributed by atoms with Gasteiger partial charge in [0.15, 0.2) is 5.82 Å². The number of nitrogen functional groups attached to an aromatic ring is 2. The summed E-state index contributed by atoms with van der Waals surface area (Å²) in [7, 11) is 2.18. The maximum absolute atomic E-state index is 16.6. The van der Waals surface area contributed by atoms with Gasteiger partial charge in [0.05, 0.1) is 29.3 Å². The van der Waals surface area contributed by atoms with E-state index >= 15 is 4.39 Å². The van der Waals surface area contributed by atoms with E-state index in [1.807, 2.05) is 0 Å². The molecule has 11 nitrogen and oxygen atoms in total. The van der Waals surface area contributed by atoms with Crippen LogP contribution in [-0.2, 0) is 17.5 Å². The lowest BCUT2D eigenvalue weighted by Gasteiger charge is -2.24. The van der Waals surface area contributed by atoms with Crippen LogP contribution in [0.15, 0.2) is 30.5 Å². The molecule has 5 aromatic rings. The summed E-state index contributed by atoms with van der Waals surface area (Å²) in [6, 6.07) is 7.29. The summed E-state index contributed by atoms with van der Waals surface area (Å²) in [4.78, 5) is 16.3. The van der Waals surface area contributed by atoms with Gasteiger partial charge in [0, 0.05) is 49.0 Å². The fourth-order valence-electron chi connectivity index (χ4n) is 7.09. The van der Waals surface area contributed by atoms with Gasteiger partial charge in [0.1, 0.15) is 58.1 Å². The number of methoxy groups -OCH3 is 2. The van der Waals surface area contributed by atoms with Gasteiger partial charge in [-0.25, -0.2) is 18.2 Å². The van der Waals surface area contributed by atoms with Crippen LogP contribution in [-0.4, -0.2) is 79.1 Å². The van der Waals surface area contributed by atoms with Gasteiger partial charge >= 0.3 is 18.8 Å². The summed E-state index contributed by atoms with van der Waals surface area (Å²) in [5.74, 6) is -2.82. The summed E-state index contributed by atoms with van der Waals surface area (Å²) >= 11 is 0.675. The number of anilines is 3. The van der Waals surface area contributed by atoms with Crippen molar-refractivity contribution in [2.75, 3.05) is 56.8 Å². The number of halogens is 8. The minimum Gasteiger partial charge on any atom is -0.490 e. The molecule has 8 rings (SSSR count). The monoisotopic (exact) mass is 810 g/mol. The van der Waals surface area contributed by atoms with Gasteiger partial charge in [-0.05, 0) is 43.5 Å². The van der Waals surface area contributed by atoms with Crippen molar-refractivity contribution in [1.29, 1.82) is 5.26 Å². The van der Waals surface area contributed by atoms with E-state index in [0.29, 0.717) is 29.5 Å². The Morgan fingerprint density at radius 2 is 1.86 bits per heavy atom. The van der Waals surface area contributed by atoms with Gasteiger partial charge in [-0.1, -0.05) is 12.1 Å². The molecule has 3 aromatic heterocycles. The number of alkyl halides is 6. The van der Waals surface area contributed by atoms with E-state index in [-0.39, 0.29) is 63.4 Å². The molecule has 2 atom stereocenters. The first-order chi connectivity index (χ1) is 26.7. The van der Waals surface area contributed by atoms with Crippen LogP contribution >= 0.6 is 11.3 Å².